The predicted molar refractivity (Wildman–Crippen MR) is 83.2 cm³/mol. The molecule has 5 nitrogen and oxygen atoms in total. The lowest BCUT2D eigenvalue weighted by atomic mass is 10.0. The number of aryl methyl sites for hydroxylation is 1. The highest BCUT2D eigenvalue weighted by atomic mass is 16.5. The average molecular weight is 302 g/mol. The van der Waals surface area contributed by atoms with Gasteiger partial charge in [0.1, 0.15) is 0 Å². The molecule has 0 aliphatic carbocycles. The van der Waals surface area contributed by atoms with Crippen molar-refractivity contribution in [2.45, 2.75) is 32.1 Å². The minimum absolute atomic E-state index is 0.0597. The molecule has 0 radical (unpaired) electrons. The number of nitrogens with zero attached hydrogens (tertiary/aromatic N) is 1. The highest BCUT2D eigenvalue weighted by molar-refractivity contribution is 5.99. The van der Waals surface area contributed by atoms with Crippen molar-refractivity contribution in [1.82, 2.24) is 10.4 Å². The molecule has 1 aliphatic heterocycles. The summed E-state index contributed by atoms with van der Waals surface area (Å²) >= 11 is 0. The van der Waals surface area contributed by atoms with Gasteiger partial charge in [0.25, 0.3) is 0 Å². The van der Waals surface area contributed by atoms with Gasteiger partial charge in [-0.15, -0.1) is 0 Å². The molecule has 1 aliphatic rings. The van der Waals surface area contributed by atoms with Gasteiger partial charge in [-0.25, -0.2) is 5.48 Å². The van der Waals surface area contributed by atoms with Crippen LogP contribution in [0.1, 0.15) is 31.2 Å². The predicted octanol–water partition coefficient (Wildman–Crippen LogP) is 2.06. The molecule has 118 valence electrons. The lowest BCUT2D eigenvalue weighted by Gasteiger charge is -2.27. The van der Waals surface area contributed by atoms with E-state index in [0.717, 1.165) is 25.7 Å². The molecule has 22 heavy (non-hydrogen) atoms. The van der Waals surface area contributed by atoms with Crippen LogP contribution in [0.25, 0.3) is 0 Å². The lowest BCUT2D eigenvalue weighted by molar-refractivity contribution is -0.132. The fraction of sp³-hybridized carbons (Fsp3) is 0.412. The van der Waals surface area contributed by atoms with Crippen LogP contribution in [0.3, 0.4) is 0 Å². The summed E-state index contributed by atoms with van der Waals surface area (Å²) in [6.45, 7) is 1.41. The second-order valence-corrected chi connectivity index (χ2v) is 5.46. The van der Waals surface area contributed by atoms with Crippen LogP contribution in [-0.2, 0) is 16.0 Å². The average Bonchev–Trinajstić information content (AvgIpc) is 2.55. The molecular weight excluding hydrogens is 280 g/mol. The quantitative estimate of drug-likeness (QED) is 0.460. The summed E-state index contributed by atoms with van der Waals surface area (Å²) in [6, 6.07) is 10.3. The molecular formula is C17H22N2O3. The maximum atomic E-state index is 12.2. The van der Waals surface area contributed by atoms with E-state index >= 15 is 0 Å². The summed E-state index contributed by atoms with van der Waals surface area (Å²) in [7, 11) is 0. The van der Waals surface area contributed by atoms with Gasteiger partial charge >= 0.3 is 0 Å². The molecule has 2 rings (SSSR count). The Balaban J connectivity index is 1.75. The Labute approximate surface area is 130 Å². The number of hydrogen-bond donors (Lipinski definition) is 2. The first-order valence-corrected chi connectivity index (χ1v) is 7.66. The van der Waals surface area contributed by atoms with Crippen molar-refractivity contribution in [3.05, 3.63) is 47.5 Å². The van der Waals surface area contributed by atoms with E-state index in [2.05, 4.69) is 12.1 Å². The van der Waals surface area contributed by atoms with E-state index in [1.165, 1.54) is 5.56 Å². The van der Waals surface area contributed by atoms with Gasteiger partial charge in [0.15, 0.2) is 0 Å². The van der Waals surface area contributed by atoms with Crippen LogP contribution >= 0.6 is 0 Å². The summed E-state index contributed by atoms with van der Waals surface area (Å²) in [6.07, 6.45) is 5.48. The highest BCUT2D eigenvalue weighted by Gasteiger charge is 2.22. The van der Waals surface area contributed by atoms with E-state index in [0.29, 0.717) is 18.7 Å². The molecule has 2 N–H and O–H groups in total. The van der Waals surface area contributed by atoms with E-state index < -0.39 is 5.91 Å². The SMILES string of the molecule is O=C(CC1=CCCN(CCCCc2ccccc2)C1=O)NO. The molecule has 1 aromatic rings. The van der Waals surface area contributed by atoms with E-state index in [-0.39, 0.29) is 12.3 Å². The first-order valence-electron chi connectivity index (χ1n) is 7.66. The summed E-state index contributed by atoms with van der Waals surface area (Å²) in [4.78, 5) is 25.2. The van der Waals surface area contributed by atoms with E-state index in [1.807, 2.05) is 18.2 Å². The number of carbonyl (C=O) groups is 2. The normalized spacial score (nSPS) is 14.7. The van der Waals surface area contributed by atoms with Crippen molar-refractivity contribution in [1.29, 1.82) is 0 Å². The third kappa shape index (κ3) is 4.70. The van der Waals surface area contributed by atoms with Crippen LogP contribution in [0, 0.1) is 0 Å². The van der Waals surface area contributed by atoms with Gasteiger partial charge < -0.3 is 4.90 Å². The summed E-state index contributed by atoms with van der Waals surface area (Å²) in [5, 5.41) is 8.55. The first-order chi connectivity index (χ1) is 10.7. The van der Waals surface area contributed by atoms with Crippen molar-refractivity contribution in [2.24, 2.45) is 0 Å². The number of hydroxylamine groups is 1. The molecule has 5 heteroatoms. The molecule has 0 aromatic heterocycles. The molecule has 0 fully saturated rings. The number of nitrogens with one attached hydrogen (secondary N) is 1. The number of rotatable bonds is 7. The van der Waals surface area contributed by atoms with Crippen LogP contribution < -0.4 is 5.48 Å². The Bertz CT molecular complexity index is 540. The van der Waals surface area contributed by atoms with Crippen LogP contribution in [0.15, 0.2) is 42.0 Å². The zero-order valence-electron chi connectivity index (χ0n) is 12.6. The maximum absolute atomic E-state index is 12.2. The fourth-order valence-corrected chi connectivity index (χ4v) is 2.64. The molecule has 0 saturated carbocycles. The fourth-order valence-electron chi connectivity index (χ4n) is 2.64. The van der Waals surface area contributed by atoms with Crippen molar-refractivity contribution < 1.29 is 14.8 Å². The third-order valence-electron chi connectivity index (χ3n) is 3.81. The Kier molecular flexibility index (Phi) is 6.15. The van der Waals surface area contributed by atoms with Gasteiger partial charge in [-0.05, 0) is 31.2 Å². The zero-order valence-corrected chi connectivity index (χ0v) is 12.6. The van der Waals surface area contributed by atoms with Crippen molar-refractivity contribution >= 4 is 11.8 Å². The van der Waals surface area contributed by atoms with Gasteiger partial charge in [0, 0.05) is 18.7 Å². The maximum Gasteiger partial charge on any atom is 0.249 e. The number of unbranched alkanes of at least 4 members (excludes halogenated alkanes) is 1. The van der Waals surface area contributed by atoms with Gasteiger partial charge in [0.2, 0.25) is 11.8 Å². The summed E-state index contributed by atoms with van der Waals surface area (Å²) in [5.74, 6) is -0.639. The minimum atomic E-state index is -0.550. The summed E-state index contributed by atoms with van der Waals surface area (Å²) in [5.41, 5.74) is 3.35. The Morgan fingerprint density at radius 2 is 2.00 bits per heavy atom. The molecule has 2 amide bonds. The van der Waals surface area contributed by atoms with E-state index in [1.54, 1.807) is 16.5 Å². The van der Waals surface area contributed by atoms with Gasteiger partial charge in [-0.3, -0.25) is 14.8 Å². The van der Waals surface area contributed by atoms with E-state index in [4.69, 9.17) is 5.21 Å². The number of amides is 2. The van der Waals surface area contributed by atoms with Crippen LogP contribution in [-0.4, -0.2) is 35.0 Å². The number of hydrogen-bond acceptors (Lipinski definition) is 3. The summed E-state index contributed by atoms with van der Waals surface area (Å²) < 4.78 is 0. The van der Waals surface area contributed by atoms with Gasteiger partial charge in [-0.2, -0.15) is 0 Å². The molecule has 1 heterocycles. The van der Waals surface area contributed by atoms with Crippen molar-refractivity contribution in [3.63, 3.8) is 0 Å². The van der Waals surface area contributed by atoms with Crippen molar-refractivity contribution in [3.8, 4) is 0 Å². The highest BCUT2D eigenvalue weighted by Crippen LogP contribution is 2.16. The first kappa shape index (κ1) is 16.2. The van der Waals surface area contributed by atoms with Crippen LogP contribution in [0.5, 0.6) is 0 Å². The van der Waals surface area contributed by atoms with Crippen LogP contribution in [0.4, 0.5) is 0 Å². The van der Waals surface area contributed by atoms with E-state index in [9.17, 15) is 9.59 Å². The monoisotopic (exact) mass is 302 g/mol. The standard InChI is InChI=1S/C17H22N2O3/c20-16(18-22)13-15-10-6-12-19(17(15)21)11-5-4-9-14-7-2-1-3-8-14/h1-3,7-8,10,22H,4-6,9,11-13H2,(H,18,20). The zero-order chi connectivity index (χ0) is 15.8. The largest absolute Gasteiger partial charge is 0.339 e. The molecule has 0 bridgehead atoms. The van der Waals surface area contributed by atoms with Crippen molar-refractivity contribution in [2.75, 3.05) is 13.1 Å². The Morgan fingerprint density at radius 1 is 1.23 bits per heavy atom. The molecule has 0 unspecified atom stereocenters. The smallest absolute Gasteiger partial charge is 0.249 e. The van der Waals surface area contributed by atoms with Gasteiger partial charge in [0.05, 0.1) is 6.42 Å². The molecule has 0 spiro atoms. The Hall–Kier alpha value is -2.14. The Morgan fingerprint density at radius 3 is 2.73 bits per heavy atom. The number of benzene rings is 1. The molecule has 1 aromatic carbocycles. The number of carbonyl (C=O) groups excluding carboxylic acids is 2. The lowest BCUT2D eigenvalue weighted by Crippen LogP contribution is -2.37. The molecule has 0 saturated heterocycles. The second-order valence-electron chi connectivity index (χ2n) is 5.46. The van der Waals surface area contributed by atoms with Crippen LogP contribution in [0.2, 0.25) is 0 Å². The topological polar surface area (TPSA) is 69.6 Å². The van der Waals surface area contributed by atoms with Gasteiger partial charge in [-0.1, -0.05) is 36.4 Å². The second kappa shape index (κ2) is 8.34. The minimum Gasteiger partial charge on any atom is -0.339 e. The molecule has 0 atom stereocenters. The third-order valence-corrected chi connectivity index (χ3v) is 3.81.